The van der Waals surface area contributed by atoms with Crippen molar-refractivity contribution in [2.75, 3.05) is 0 Å². The first-order valence-corrected chi connectivity index (χ1v) is 8.00. The number of benzene rings is 1. The van der Waals surface area contributed by atoms with Crippen molar-refractivity contribution in [1.29, 1.82) is 0 Å². The Hall–Kier alpha value is -2.82. The topological polar surface area (TPSA) is 79.5 Å². The first kappa shape index (κ1) is 16.1. The number of carbonyl (C=O) groups is 1. The van der Waals surface area contributed by atoms with E-state index in [9.17, 15) is 14.7 Å². The lowest BCUT2D eigenvalue weighted by atomic mass is 9.91. The lowest BCUT2D eigenvalue weighted by Gasteiger charge is -2.17. The maximum Gasteiger partial charge on any atom is 0.341 e. The molecule has 1 heterocycles. The smallest absolute Gasteiger partial charge is 0.341 e. The minimum atomic E-state index is -1.34. The number of aromatic carboxylic acids is 1. The molecule has 124 valence electrons. The van der Waals surface area contributed by atoms with Crippen LogP contribution in [0, 0.1) is 0 Å². The SMILES string of the molecule is O=C(O)c1cn(Cc2ccccc2C2=CCCCC2)cc(O)c1=O. The molecule has 0 atom stereocenters. The van der Waals surface area contributed by atoms with Crippen molar-refractivity contribution in [3.8, 4) is 5.75 Å². The molecule has 0 aliphatic heterocycles. The number of hydrogen-bond donors (Lipinski definition) is 2. The zero-order valence-electron chi connectivity index (χ0n) is 13.2. The van der Waals surface area contributed by atoms with Crippen LogP contribution in [-0.2, 0) is 6.54 Å². The van der Waals surface area contributed by atoms with Crippen LogP contribution in [0.25, 0.3) is 5.57 Å². The molecular formula is C19H19NO4. The lowest BCUT2D eigenvalue weighted by Crippen LogP contribution is -2.18. The highest BCUT2D eigenvalue weighted by Gasteiger charge is 2.15. The van der Waals surface area contributed by atoms with Crippen LogP contribution in [0.4, 0.5) is 0 Å². The quantitative estimate of drug-likeness (QED) is 0.904. The Morgan fingerprint density at radius 2 is 1.96 bits per heavy atom. The number of aromatic hydroxyl groups is 1. The highest BCUT2D eigenvalue weighted by Crippen LogP contribution is 2.29. The van der Waals surface area contributed by atoms with Gasteiger partial charge in [0.05, 0.1) is 6.20 Å². The standard InChI is InChI=1S/C19H19NO4/c21-17-12-20(11-16(18(17)22)19(23)24)10-14-8-4-5-9-15(14)13-6-2-1-3-7-13/h4-6,8-9,11-12,21H,1-3,7,10H2,(H,23,24). The Bertz CT molecular complexity index is 864. The molecule has 0 fully saturated rings. The lowest BCUT2D eigenvalue weighted by molar-refractivity contribution is 0.0694. The van der Waals surface area contributed by atoms with Gasteiger partial charge in [-0.05, 0) is 42.4 Å². The molecule has 0 saturated carbocycles. The van der Waals surface area contributed by atoms with Gasteiger partial charge in [-0.3, -0.25) is 4.79 Å². The van der Waals surface area contributed by atoms with E-state index >= 15 is 0 Å². The first-order valence-electron chi connectivity index (χ1n) is 8.00. The Morgan fingerprint density at radius 1 is 1.17 bits per heavy atom. The summed E-state index contributed by atoms with van der Waals surface area (Å²) in [5.41, 5.74) is 2.20. The van der Waals surface area contributed by atoms with E-state index in [-0.39, 0.29) is 0 Å². The van der Waals surface area contributed by atoms with Gasteiger partial charge in [0.1, 0.15) is 5.56 Å². The first-order chi connectivity index (χ1) is 11.6. The van der Waals surface area contributed by atoms with Crippen molar-refractivity contribution in [3.63, 3.8) is 0 Å². The van der Waals surface area contributed by atoms with Crippen LogP contribution in [0.1, 0.15) is 47.2 Å². The van der Waals surface area contributed by atoms with E-state index in [0.29, 0.717) is 6.54 Å². The molecule has 0 spiro atoms. The second-order valence-electron chi connectivity index (χ2n) is 6.00. The number of nitrogens with zero attached hydrogens (tertiary/aromatic N) is 1. The van der Waals surface area contributed by atoms with Gasteiger partial charge in [-0.25, -0.2) is 4.79 Å². The van der Waals surface area contributed by atoms with E-state index in [4.69, 9.17) is 5.11 Å². The van der Waals surface area contributed by atoms with Crippen LogP contribution >= 0.6 is 0 Å². The van der Waals surface area contributed by atoms with Crippen LogP contribution in [0.5, 0.6) is 5.75 Å². The minimum absolute atomic E-state index is 0.391. The highest BCUT2D eigenvalue weighted by molar-refractivity contribution is 5.87. The Labute approximate surface area is 139 Å². The van der Waals surface area contributed by atoms with Gasteiger partial charge in [0.25, 0.3) is 0 Å². The predicted molar refractivity (Wildman–Crippen MR) is 91.3 cm³/mol. The largest absolute Gasteiger partial charge is 0.503 e. The van der Waals surface area contributed by atoms with Crippen molar-refractivity contribution in [3.05, 3.63) is 69.6 Å². The number of pyridine rings is 1. The predicted octanol–water partition coefficient (Wildman–Crippen LogP) is 3.26. The molecule has 1 aromatic heterocycles. The van der Waals surface area contributed by atoms with E-state index in [2.05, 4.69) is 12.1 Å². The van der Waals surface area contributed by atoms with Gasteiger partial charge in [0.15, 0.2) is 5.75 Å². The molecule has 3 rings (SSSR count). The van der Waals surface area contributed by atoms with Gasteiger partial charge in [-0.15, -0.1) is 0 Å². The number of carboxylic acid groups (broad SMARTS) is 1. The zero-order valence-corrected chi connectivity index (χ0v) is 13.2. The van der Waals surface area contributed by atoms with Crippen LogP contribution in [0.2, 0.25) is 0 Å². The maximum atomic E-state index is 11.7. The van der Waals surface area contributed by atoms with Gasteiger partial charge in [0, 0.05) is 12.7 Å². The summed E-state index contributed by atoms with van der Waals surface area (Å²) in [4.78, 5) is 22.8. The molecular weight excluding hydrogens is 306 g/mol. The van der Waals surface area contributed by atoms with Gasteiger partial charge in [-0.2, -0.15) is 0 Å². The molecule has 5 heteroatoms. The summed E-state index contributed by atoms with van der Waals surface area (Å²) in [5.74, 6) is -1.89. The fraction of sp³-hybridized carbons (Fsp3) is 0.263. The molecule has 0 radical (unpaired) electrons. The molecule has 1 aliphatic carbocycles. The van der Waals surface area contributed by atoms with Crippen molar-refractivity contribution < 1.29 is 15.0 Å². The molecule has 2 N–H and O–H groups in total. The Morgan fingerprint density at radius 3 is 2.67 bits per heavy atom. The maximum absolute atomic E-state index is 11.7. The third kappa shape index (κ3) is 3.25. The Kier molecular flexibility index (Phi) is 4.51. The number of carboxylic acids is 1. The van der Waals surface area contributed by atoms with Crippen molar-refractivity contribution >= 4 is 11.5 Å². The summed E-state index contributed by atoms with van der Waals surface area (Å²) in [6, 6.07) is 7.97. The van der Waals surface area contributed by atoms with Crippen LogP contribution in [0.3, 0.4) is 0 Å². The molecule has 5 nitrogen and oxygen atoms in total. The van der Waals surface area contributed by atoms with E-state index in [1.165, 1.54) is 30.8 Å². The van der Waals surface area contributed by atoms with E-state index < -0.39 is 22.7 Å². The fourth-order valence-corrected chi connectivity index (χ4v) is 3.11. The number of aromatic nitrogens is 1. The summed E-state index contributed by atoms with van der Waals surface area (Å²) < 4.78 is 1.54. The van der Waals surface area contributed by atoms with Gasteiger partial charge >= 0.3 is 5.97 Å². The van der Waals surface area contributed by atoms with E-state index in [1.807, 2.05) is 18.2 Å². The molecule has 0 bridgehead atoms. The third-order valence-corrected chi connectivity index (χ3v) is 4.30. The van der Waals surface area contributed by atoms with Crippen molar-refractivity contribution in [2.45, 2.75) is 32.2 Å². The molecule has 1 aliphatic rings. The van der Waals surface area contributed by atoms with Crippen LogP contribution in [0.15, 0.2) is 47.5 Å². The average Bonchev–Trinajstić information content (AvgIpc) is 2.59. The number of hydrogen-bond acceptors (Lipinski definition) is 3. The van der Waals surface area contributed by atoms with E-state index in [0.717, 1.165) is 24.0 Å². The normalized spacial score (nSPS) is 14.2. The fourth-order valence-electron chi connectivity index (χ4n) is 3.11. The summed E-state index contributed by atoms with van der Waals surface area (Å²) in [6.07, 6.45) is 9.30. The van der Waals surface area contributed by atoms with Gasteiger partial charge < -0.3 is 14.8 Å². The summed E-state index contributed by atoms with van der Waals surface area (Å²) in [7, 11) is 0. The summed E-state index contributed by atoms with van der Waals surface area (Å²) >= 11 is 0. The molecule has 0 saturated heterocycles. The highest BCUT2D eigenvalue weighted by atomic mass is 16.4. The molecule has 0 amide bonds. The van der Waals surface area contributed by atoms with E-state index in [1.54, 1.807) is 4.57 Å². The Balaban J connectivity index is 1.99. The second kappa shape index (κ2) is 6.74. The number of rotatable bonds is 4. The second-order valence-corrected chi connectivity index (χ2v) is 6.00. The van der Waals surface area contributed by atoms with Crippen molar-refractivity contribution in [1.82, 2.24) is 4.57 Å². The molecule has 0 unspecified atom stereocenters. The summed E-state index contributed by atoms with van der Waals surface area (Å²) in [6.45, 7) is 0.391. The van der Waals surface area contributed by atoms with Gasteiger partial charge in [-0.1, -0.05) is 30.3 Å². The summed E-state index contributed by atoms with van der Waals surface area (Å²) in [5, 5.41) is 18.8. The monoisotopic (exact) mass is 325 g/mol. The zero-order chi connectivity index (χ0) is 17.1. The third-order valence-electron chi connectivity index (χ3n) is 4.30. The molecule has 24 heavy (non-hydrogen) atoms. The number of allylic oxidation sites excluding steroid dienone is 2. The van der Waals surface area contributed by atoms with Crippen molar-refractivity contribution in [2.24, 2.45) is 0 Å². The van der Waals surface area contributed by atoms with Crippen LogP contribution < -0.4 is 5.43 Å². The molecule has 1 aromatic carbocycles. The minimum Gasteiger partial charge on any atom is -0.503 e. The van der Waals surface area contributed by atoms with Gasteiger partial charge in [0.2, 0.25) is 5.43 Å². The average molecular weight is 325 g/mol. The van der Waals surface area contributed by atoms with Crippen LogP contribution in [-0.4, -0.2) is 20.7 Å². The molecule has 2 aromatic rings.